The van der Waals surface area contributed by atoms with Crippen LogP contribution in [0.15, 0.2) is 18.2 Å². The van der Waals surface area contributed by atoms with Crippen LogP contribution in [0, 0.1) is 0 Å². The number of ether oxygens (including phenoxy) is 3. The third kappa shape index (κ3) is 3.29. The number of rotatable bonds is 7. The molecule has 100 valence electrons. The molecule has 0 bridgehead atoms. The average molecular weight is 251 g/mol. The standard InChI is InChI=1S/C14H21NO3/c1-3-7-15-9-11(4-2)18-12-5-6-13-14(8-12)17-10-16-13/h5-6,8,11,15H,3-4,7,9-10H2,1-2H3. The maximum absolute atomic E-state index is 5.94. The van der Waals surface area contributed by atoms with E-state index in [1.165, 1.54) is 0 Å². The monoisotopic (exact) mass is 251 g/mol. The van der Waals surface area contributed by atoms with Gasteiger partial charge in [-0.05, 0) is 31.5 Å². The van der Waals surface area contributed by atoms with Crippen molar-refractivity contribution in [2.45, 2.75) is 32.8 Å². The molecule has 2 rings (SSSR count). The maximum Gasteiger partial charge on any atom is 0.231 e. The highest BCUT2D eigenvalue weighted by molar-refractivity contribution is 5.46. The van der Waals surface area contributed by atoms with Gasteiger partial charge < -0.3 is 19.5 Å². The summed E-state index contributed by atoms with van der Waals surface area (Å²) in [5.41, 5.74) is 0. The van der Waals surface area contributed by atoms with Gasteiger partial charge in [0.15, 0.2) is 11.5 Å². The molecule has 0 saturated heterocycles. The predicted octanol–water partition coefficient (Wildman–Crippen LogP) is 2.57. The number of fused-ring (bicyclic) bond motifs is 1. The van der Waals surface area contributed by atoms with Gasteiger partial charge in [-0.1, -0.05) is 13.8 Å². The van der Waals surface area contributed by atoms with E-state index < -0.39 is 0 Å². The molecule has 1 aliphatic rings. The highest BCUT2D eigenvalue weighted by Crippen LogP contribution is 2.35. The lowest BCUT2D eigenvalue weighted by Gasteiger charge is -2.18. The Bertz CT molecular complexity index is 381. The summed E-state index contributed by atoms with van der Waals surface area (Å²) >= 11 is 0. The molecule has 0 saturated carbocycles. The van der Waals surface area contributed by atoms with E-state index in [-0.39, 0.29) is 6.10 Å². The molecule has 18 heavy (non-hydrogen) atoms. The van der Waals surface area contributed by atoms with Crippen LogP contribution in [0.3, 0.4) is 0 Å². The van der Waals surface area contributed by atoms with Crippen LogP contribution in [0.2, 0.25) is 0 Å². The molecule has 1 N–H and O–H groups in total. The Morgan fingerprint density at radius 2 is 2.11 bits per heavy atom. The molecule has 4 heteroatoms. The van der Waals surface area contributed by atoms with Gasteiger partial charge in [0, 0.05) is 12.6 Å². The lowest BCUT2D eigenvalue weighted by atomic mass is 10.2. The van der Waals surface area contributed by atoms with Crippen LogP contribution in [0.5, 0.6) is 17.2 Å². The first kappa shape index (κ1) is 13.0. The van der Waals surface area contributed by atoms with E-state index in [0.29, 0.717) is 6.79 Å². The van der Waals surface area contributed by atoms with Gasteiger partial charge >= 0.3 is 0 Å². The highest BCUT2D eigenvalue weighted by atomic mass is 16.7. The largest absolute Gasteiger partial charge is 0.489 e. The smallest absolute Gasteiger partial charge is 0.231 e. The second-order valence-electron chi connectivity index (χ2n) is 4.37. The van der Waals surface area contributed by atoms with Gasteiger partial charge in [-0.3, -0.25) is 0 Å². The van der Waals surface area contributed by atoms with Gasteiger partial charge in [0.25, 0.3) is 0 Å². The first-order chi connectivity index (χ1) is 8.83. The SMILES string of the molecule is CCCNCC(CC)Oc1ccc2c(c1)OCO2. The van der Waals surface area contributed by atoms with Crippen molar-refractivity contribution in [3.05, 3.63) is 18.2 Å². The molecule has 1 heterocycles. The van der Waals surface area contributed by atoms with Crippen molar-refractivity contribution in [3.8, 4) is 17.2 Å². The first-order valence-electron chi connectivity index (χ1n) is 6.60. The topological polar surface area (TPSA) is 39.7 Å². The summed E-state index contributed by atoms with van der Waals surface area (Å²) in [6.07, 6.45) is 2.31. The second-order valence-corrected chi connectivity index (χ2v) is 4.37. The third-order valence-corrected chi connectivity index (χ3v) is 2.90. The number of hydrogen-bond donors (Lipinski definition) is 1. The molecule has 1 aliphatic heterocycles. The average Bonchev–Trinajstić information content (AvgIpc) is 2.85. The minimum atomic E-state index is 0.192. The predicted molar refractivity (Wildman–Crippen MR) is 70.4 cm³/mol. The summed E-state index contributed by atoms with van der Waals surface area (Å²) in [6.45, 7) is 6.49. The Hall–Kier alpha value is -1.42. The fraction of sp³-hybridized carbons (Fsp3) is 0.571. The summed E-state index contributed by atoms with van der Waals surface area (Å²) in [6, 6.07) is 5.71. The lowest BCUT2D eigenvalue weighted by Crippen LogP contribution is -2.31. The highest BCUT2D eigenvalue weighted by Gasteiger charge is 2.15. The summed E-state index contributed by atoms with van der Waals surface area (Å²) < 4.78 is 16.5. The van der Waals surface area contributed by atoms with Crippen molar-refractivity contribution in [1.29, 1.82) is 0 Å². The second kappa shape index (κ2) is 6.50. The molecule has 0 aromatic heterocycles. The van der Waals surface area contributed by atoms with Crippen molar-refractivity contribution in [2.75, 3.05) is 19.9 Å². The zero-order chi connectivity index (χ0) is 12.8. The summed E-state index contributed by atoms with van der Waals surface area (Å²) in [7, 11) is 0. The number of hydrogen-bond acceptors (Lipinski definition) is 4. The minimum absolute atomic E-state index is 0.192. The normalized spacial score (nSPS) is 14.6. The molecular weight excluding hydrogens is 230 g/mol. The minimum Gasteiger partial charge on any atom is -0.489 e. The first-order valence-corrected chi connectivity index (χ1v) is 6.60. The zero-order valence-electron chi connectivity index (χ0n) is 11.1. The quantitative estimate of drug-likeness (QED) is 0.756. The maximum atomic E-state index is 5.94. The summed E-state index contributed by atoms with van der Waals surface area (Å²) in [5, 5.41) is 3.38. The van der Waals surface area contributed by atoms with E-state index in [0.717, 1.165) is 43.2 Å². The molecule has 0 aliphatic carbocycles. The van der Waals surface area contributed by atoms with Crippen LogP contribution in [-0.4, -0.2) is 26.0 Å². The Morgan fingerprint density at radius 3 is 2.89 bits per heavy atom. The van der Waals surface area contributed by atoms with Crippen molar-refractivity contribution in [2.24, 2.45) is 0 Å². The molecule has 1 aromatic carbocycles. The van der Waals surface area contributed by atoms with Gasteiger partial charge in [0.2, 0.25) is 6.79 Å². The molecule has 0 fully saturated rings. The summed E-state index contributed by atoms with van der Waals surface area (Å²) in [5.74, 6) is 2.40. The van der Waals surface area contributed by atoms with Crippen molar-refractivity contribution in [3.63, 3.8) is 0 Å². The summed E-state index contributed by atoms with van der Waals surface area (Å²) in [4.78, 5) is 0. The Morgan fingerprint density at radius 1 is 1.28 bits per heavy atom. The van der Waals surface area contributed by atoms with Crippen molar-refractivity contribution < 1.29 is 14.2 Å². The van der Waals surface area contributed by atoms with E-state index in [1.807, 2.05) is 18.2 Å². The van der Waals surface area contributed by atoms with E-state index in [2.05, 4.69) is 19.2 Å². The van der Waals surface area contributed by atoms with E-state index in [4.69, 9.17) is 14.2 Å². The molecular formula is C14H21NO3. The Labute approximate surface area is 108 Å². The van der Waals surface area contributed by atoms with Crippen LogP contribution < -0.4 is 19.5 Å². The Balaban J connectivity index is 1.90. The van der Waals surface area contributed by atoms with Crippen LogP contribution in [-0.2, 0) is 0 Å². The molecule has 0 radical (unpaired) electrons. The van der Waals surface area contributed by atoms with Crippen LogP contribution in [0.1, 0.15) is 26.7 Å². The van der Waals surface area contributed by atoms with Crippen LogP contribution >= 0.6 is 0 Å². The van der Waals surface area contributed by atoms with E-state index in [1.54, 1.807) is 0 Å². The van der Waals surface area contributed by atoms with Gasteiger partial charge in [0.1, 0.15) is 11.9 Å². The molecule has 0 amide bonds. The van der Waals surface area contributed by atoms with Gasteiger partial charge in [-0.25, -0.2) is 0 Å². The molecule has 1 aromatic rings. The van der Waals surface area contributed by atoms with Crippen LogP contribution in [0.25, 0.3) is 0 Å². The molecule has 1 unspecified atom stereocenters. The molecule has 1 atom stereocenters. The molecule has 0 spiro atoms. The van der Waals surface area contributed by atoms with Crippen molar-refractivity contribution >= 4 is 0 Å². The lowest BCUT2D eigenvalue weighted by molar-refractivity contribution is 0.173. The van der Waals surface area contributed by atoms with Crippen LogP contribution in [0.4, 0.5) is 0 Å². The Kier molecular flexibility index (Phi) is 4.70. The van der Waals surface area contributed by atoms with Gasteiger partial charge in [0.05, 0.1) is 0 Å². The third-order valence-electron chi connectivity index (χ3n) is 2.90. The van der Waals surface area contributed by atoms with Crippen molar-refractivity contribution in [1.82, 2.24) is 5.32 Å². The number of benzene rings is 1. The number of nitrogens with one attached hydrogen (secondary N) is 1. The fourth-order valence-corrected chi connectivity index (χ4v) is 1.85. The van der Waals surface area contributed by atoms with Gasteiger partial charge in [-0.2, -0.15) is 0 Å². The van der Waals surface area contributed by atoms with E-state index >= 15 is 0 Å². The molecule has 4 nitrogen and oxygen atoms in total. The van der Waals surface area contributed by atoms with Gasteiger partial charge in [-0.15, -0.1) is 0 Å². The zero-order valence-corrected chi connectivity index (χ0v) is 11.1. The fourth-order valence-electron chi connectivity index (χ4n) is 1.85. The van der Waals surface area contributed by atoms with E-state index in [9.17, 15) is 0 Å².